The maximum atomic E-state index is 12.3. The van der Waals surface area contributed by atoms with Gasteiger partial charge in [0.1, 0.15) is 11.9 Å². The molecule has 0 bridgehead atoms. The van der Waals surface area contributed by atoms with E-state index in [1.54, 1.807) is 6.20 Å². The fourth-order valence-corrected chi connectivity index (χ4v) is 3.15. The summed E-state index contributed by atoms with van der Waals surface area (Å²) in [5.74, 6) is 0.990. The second kappa shape index (κ2) is 8.16. The standard InChI is InChI=1S/C19H26N4O2/c1-15-5-6-18-17(11-15)13-22(12-16(2)25-18)14-19(24)20-7-3-9-23-10-4-8-21-23/h4-6,8,10-11,16H,3,7,9,12-14H2,1-2H3,(H,20,24)/t16-/m1/s1. The molecule has 1 atom stereocenters. The van der Waals surface area contributed by atoms with Crippen LogP contribution in [0.5, 0.6) is 5.75 Å². The Morgan fingerprint density at radius 3 is 3.12 bits per heavy atom. The third-order valence-corrected chi connectivity index (χ3v) is 4.27. The van der Waals surface area contributed by atoms with E-state index in [0.717, 1.165) is 37.4 Å². The highest BCUT2D eigenvalue weighted by Crippen LogP contribution is 2.25. The third-order valence-electron chi connectivity index (χ3n) is 4.27. The normalized spacial score (nSPS) is 17.4. The molecule has 0 radical (unpaired) electrons. The number of fused-ring (bicyclic) bond motifs is 1. The van der Waals surface area contributed by atoms with Gasteiger partial charge >= 0.3 is 0 Å². The molecular weight excluding hydrogens is 316 g/mol. The summed E-state index contributed by atoms with van der Waals surface area (Å²) in [4.78, 5) is 14.4. The average molecular weight is 342 g/mol. The van der Waals surface area contributed by atoms with Gasteiger partial charge in [0.05, 0.1) is 6.54 Å². The van der Waals surface area contributed by atoms with E-state index in [9.17, 15) is 4.79 Å². The van der Waals surface area contributed by atoms with Crippen molar-refractivity contribution in [1.29, 1.82) is 0 Å². The Kier molecular flexibility index (Phi) is 5.71. The number of nitrogens with one attached hydrogen (secondary N) is 1. The van der Waals surface area contributed by atoms with E-state index in [2.05, 4.69) is 34.4 Å². The number of rotatable bonds is 6. The molecule has 25 heavy (non-hydrogen) atoms. The summed E-state index contributed by atoms with van der Waals surface area (Å²) >= 11 is 0. The smallest absolute Gasteiger partial charge is 0.234 e. The van der Waals surface area contributed by atoms with Gasteiger partial charge in [-0.15, -0.1) is 0 Å². The maximum Gasteiger partial charge on any atom is 0.234 e. The fourth-order valence-electron chi connectivity index (χ4n) is 3.15. The lowest BCUT2D eigenvalue weighted by Gasteiger charge is -2.21. The monoisotopic (exact) mass is 342 g/mol. The molecule has 0 unspecified atom stereocenters. The molecule has 6 heteroatoms. The van der Waals surface area contributed by atoms with E-state index >= 15 is 0 Å². The summed E-state index contributed by atoms with van der Waals surface area (Å²) in [5.41, 5.74) is 2.36. The van der Waals surface area contributed by atoms with Crippen LogP contribution in [0.25, 0.3) is 0 Å². The maximum absolute atomic E-state index is 12.3. The number of benzene rings is 1. The van der Waals surface area contributed by atoms with Crippen LogP contribution < -0.4 is 10.1 Å². The molecular formula is C19H26N4O2. The summed E-state index contributed by atoms with van der Waals surface area (Å²) < 4.78 is 7.85. The molecule has 1 aliphatic rings. The van der Waals surface area contributed by atoms with Crippen molar-refractivity contribution in [3.05, 3.63) is 47.8 Å². The summed E-state index contributed by atoms with van der Waals surface area (Å²) in [6, 6.07) is 8.14. The van der Waals surface area contributed by atoms with Gasteiger partial charge in [0, 0.05) is 44.1 Å². The summed E-state index contributed by atoms with van der Waals surface area (Å²) in [7, 11) is 0. The quantitative estimate of drug-likeness (QED) is 0.816. The fraction of sp³-hybridized carbons (Fsp3) is 0.474. The van der Waals surface area contributed by atoms with Crippen LogP contribution in [0.2, 0.25) is 0 Å². The number of amides is 1. The lowest BCUT2D eigenvalue weighted by atomic mass is 10.1. The highest BCUT2D eigenvalue weighted by molar-refractivity contribution is 5.78. The molecule has 1 amide bonds. The zero-order valence-electron chi connectivity index (χ0n) is 14.9. The van der Waals surface area contributed by atoms with Gasteiger partial charge in [-0.05, 0) is 32.4 Å². The van der Waals surface area contributed by atoms with E-state index in [0.29, 0.717) is 13.1 Å². The van der Waals surface area contributed by atoms with Gasteiger partial charge in [-0.2, -0.15) is 5.10 Å². The first-order chi connectivity index (χ1) is 12.1. The molecule has 0 spiro atoms. The van der Waals surface area contributed by atoms with Gasteiger partial charge in [-0.25, -0.2) is 0 Å². The third kappa shape index (κ3) is 5.06. The minimum Gasteiger partial charge on any atom is -0.489 e. The Balaban J connectivity index is 1.48. The molecule has 134 valence electrons. The van der Waals surface area contributed by atoms with Crippen LogP contribution >= 0.6 is 0 Å². The first-order valence-corrected chi connectivity index (χ1v) is 8.83. The van der Waals surface area contributed by atoms with Gasteiger partial charge in [-0.1, -0.05) is 17.7 Å². The molecule has 2 aromatic rings. The van der Waals surface area contributed by atoms with Crippen molar-refractivity contribution in [2.24, 2.45) is 0 Å². The number of hydrogen-bond donors (Lipinski definition) is 1. The largest absolute Gasteiger partial charge is 0.489 e. The summed E-state index contributed by atoms with van der Waals surface area (Å²) in [6.45, 7) is 7.47. The minimum atomic E-state index is 0.0590. The Labute approximate surface area is 148 Å². The van der Waals surface area contributed by atoms with Crippen LogP contribution in [-0.2, 0) is 17.9 Å². The van der Waals surface area contributed by atoms with Gasteiger partial charge in [0.25, 0.3) is 0 Å². The van der Waals surface area contributed by atoms with Gasteiger partial charge < -0.3 is 10.1 Å². The highest BCUT2D eigenvalue weighted by Gasteiger charge is 2.21. The molecule has 0 saturated carbocycles. The van der Waals surface area contributed by atoms with Crippen LogP contribution in [0.15, 0.2) is 36.7 Å². The minimum absolute atomic E-state index is 0.0590. The van der Waals surface area contributed by atoms with Crippen LogP contribution in [0.3, 0.4) is 0 Å². The van der Waals surface area contributed by atoms with Crippen LogP contribution in [0.4, 0.5) is 0 Å². The van der Waals surface area contributed by atoms with Gasteiger partial charge in [0.2, 0.25) is 5.91 Å². The van der Waals surface area contributed by atoms with Crippen molar-refractivity contribution in [1.82, 2.24) is 20.0 Å². The molecule has 1 N–H and O–H groups in total. The van der Waals surface area contributed by atoms with E-state index in [1.165, 1.54) is 5.56 Å². The lowest BCUT2D eigenvalue weighted by Crippen LogP contribution is -2.40. The van der Waals surface area contributed by atoms with E-state index in [1.807, 2.05) is 29.9 Å². The zero-order chi connectivity index (χ0) is 17.6. The predicted molar refractivity (Wildman–Crippen MR) is 96.4 cm³/mol. The number of carbonyl (C=O) groups excluding carboxylic acids is 1. The average Bonchev–Trinajstić information content (AvgIpc) is 3.02. The molecule has 1 aromatic carbocycles. The Morgan fingerprint density at radius 1 is 1.44 bits per heavy atom. The topological polar surface area (TPSA) is 59.4 Å². The molecule has 1 aromatic heterocycles. The first-order valence-electron chi connectivity index (χ1n) is 8.83. The van der Waals surface area contributed by atoms with Crippen molar-refractivity contribution in [3.63, 3.8) is 0 Å². The van der Waals surface area contributed by atoms with Crippen LogP contribution in [0.1, 0.15) is 24.5 Å². The van der Waals surface area contributed by atoms with E-state index < -0.39 is 0 Å². The molecule has 0 aliphatic carbocycles. The summed E-state index contributed by atoms with van der Waals surface area (Å²) in [5, 5.41) is 7.16. The Hall–Kier alpha value is -2.34. The molecule has 0 saturated heterocycles. The second-order valence-corrected chi connectivity index (χ2v) is 6.68. The van der Waals surface area contributed by atoms with Crippen molar-refractivity contribution in [2.75, 3.05) is 19.6 Å². The number of ether oxygens (including phenoxy) is 1. The number of hydrogen-bond acceptors (Lipinski definition) is 4. The van der Waals surface area contributed by atoms with E-state index in [4.69, 9.17) is 4.74 Å². The molecule has 0 fully saturated rings. The van der Waals surface area contributed by atoms with Crippen molar-refractivity contribution >= 4 is 5.91 Å². The second-order valence-electron chi connectivity index (χ2n) is 6.68. The number of carbonyl (C=O) groups is 1. The molecule has 1 aliphatic heterocycles. The Morgan fingerprint density at radius 2 is 2.32 bits per heavy atom. The highest BCUT2D eigenvalue weighted by atomic mass is 16.5. The van der Waals surface area contributed by atoms with Crippen molar-refractivity contribution in [2.45, 2.75) is 39.5 Å². The molecule has 6 nitrogen and oxygen atoms in total. The lowest BCUT2D eigenvalue weighted by molar-refractivity contribution is -0.122. The molecule has 3 rings (SSSR count). The van der Waals surface area contributed by atoms with Crippen LogP contribution in [-0.4, -0.2) is 46.3 Å². The van der Waals surface area contributed by atoms with Gasteiger partial charge in [0.15, 0.2) is 0 Å². The zero-order valence-corrected chi connectivity index (χ0v) is 14.9. The first kappa shape index (κ1) is 17.5. The van der Waals surface area contributed by atoms with Crippen LogP contribution in [0, 0.1) is 6.92 Å². The number of nitrogens with zero attached hydrogens (tertiary/aromatic N) is 3. The van der Waals surface area contributed by atoms with Crippen molar-refractivity contribution in [3.8, 4) is 5.75 Å². The summed E-state index contributed by atoms with van der Waals surface area (Å²) in [6.07, 6.45) is 4.63. The number of aryl methyl sites for hydroxylation is 2. The predicted octanol–water partition coefficient (Wildman–Crippen LogP) is 1.98. The molecule has 2 heterocycles. The Bertz CT molecular complexity index is 699. The number of aromatic nitrogens is 2. The SMILES string of the molecule is Cc1ccc2c(c1)CN(CC(=O)NCCCn1cccn1)C[C@@H](C)O2. The van der Waals surface area contributed by atoms with E-state index in [-0.39, 0.29) is 12.0 Å². The van der Waals surface area contributed by atoms with Gasteiger partial charge in [-0.3, -0.25) is 14.4 Å². The van der Waals surface area contributed by atoms with Crippen molar-refractivity contribution < 1.29 is 9.53 Å².